The van der Waals surface area contributed by atoms with E-state index < -0.39 is 31.9 Å². The van der Waals surface area contributed by atoms with Gasteiger partial charge in [-0.2, -0.15) is 0 Å². The first kappa shape index (κ1) is 40.8. The molecular formula is C38H42N6O12S2. The van der Waals surface area contributed by atoms with Crippen LogP contribution in [0.4, 0.5) is 11.4 Å². The molecule has 0 saturated carbocycles. The van der Waals surface area contributed by atoms with E-state index in [0.29, 0.717) is 76.7 Å². The average Bonchev–Trinajstić information content (AvgIpc) is 3.79. The number of fused-ring (bicyclic) bond motifs is 4. The van der Waals surface area contributed by atoms with Crippen LogP contribution < -0.4 is 21.3 Å². The van der Waals surface area contributed by atoms with E-state index >= 15 is 0 Å². The minimum absolute atomic E-state index is 0.0272. The third kappa shape index (κ3) is 8.57. The van der Waals surface area contributed by atoms with Gasteiger partial charge in [0.1, 0.15) is 21.2 Å². The first-order valence-electron chi connectivity index (χ1n) is 18.5. The molecule has 8 rings (SSSR count). The minimum atomic E-state index is -3.95. The second-order valence-electron chi connectivity index (χ2n) is 14.0. The van der Waals surface area contributed by atoms with Gasteiger partial charge in [-0.3, -0.25) is 19.2 Å². The van der Waals surface area contributed by atoms with Crippen molar-refractivity contribution in [3.63, 3.8) is 0 Å². The first-order valence-corrected chi connectivity index (χ1v) is 21.4. The van der Waals surface area contributed by atoms with Crippen LogP contribution >= 0.6 is 0 Å². The number of rotatable bonds is 8. The summed E-state index contributed by atoms with van der Waals surface area (Å²) in [6, 6.07) is 11.3. The Kier molecular flexibility index (Phi) is 11.8. The number of hydrogen-bond acceptors (Lipinski definition) is 12. The molecule has 2 saturated heterocycles. The van der Waals surface area contributed by atoms with Crippen LogP contribution in [-0.4, -0.2) is 113 Å². The quantitative estimate of drug-likeness (QED) is 0.200. The fourth-order valence-electron chi connectivity index (χ4n) is 6.75. The number of nitrogens with zero attached hydrogens (tertiary/aromatic N) is 2. The lowest BCUT2D eigenvalue weighted by atomic mass is 10.1. The number of hydrogen-bond donors (Lipinski definition) is 4. The molecule has 6 heterocycles. The third-order valence-corrected chi connectivity index (χ3v) is 13.1. The van der Waals surface area contributed by atoms with Crippen LogP contribution in [0, 0.1) is 13.8 Å². The van der Waals surface area contributed by atoms with E-state index in [1.807, 2.05) is 0 Å². The fourth-order valence-corrected chi connectivity index (χ4v) is 9.83. The van der Waals surface area contributed by atoms with Crippen LogP contribution in [0.15, 0.2) is 70.7 Å². The van der Waals surface area contributed by atoms with Crippen molar-refractivity contribution in [2.75, 3.05) is 63.4 Å². The van der Waals surface area contributed by atoms with Crippen molar-refractivity contribution >= 4 is 55.1 Å². The molecule has 308 valence electrons. The molecule has 4 N–H and O–H groups in total. The molecule has 0 radical (unpaired) electrons. The van der Waals surface area contributed by atoms with Crippen molar-refractivity contribution in [1.82, 2.24) is 18.6 Å². The number of aromatic nitrogens is 2. The molecule has 4 aliphatic rings. The van der Waals surface area contributed by atoms with Crippen LogP contribution in [0.1, 0.15) is 65.7 Å². The highest BCUT2D eigenvalue weighted by Crippen LogP contribution is 2.32. The molecule has 2 atom stereocenters. The largest absolute Gasteiger partial charge is 0.376 e. The highest BCUT2D eigenvalue weighted by Gasteiger charge is 2.33. The number of benzene rings is 2. The van der Waals surface area contributed by atoms with Gasteiger partial charge in [0.2, 0.25) is 0 Å². The number of carbonyl (C=O) groups excluding carboxylic acids is 4. The Bertz CT molecular complexity index is 2310. The molecule has 0 spiro atoms. The van der Waals surface area contributed by atoms with Gasteiger partial charge in [-0.25, -0.2) is 24.8 Å². The van der Waals surface area contributed by atoms with Crippen molar-refractivity contribution in [3.8, 4) is 0 Å². The van der Waals surface area contributed by atoms with E-state index in [4.69, 9.17) is 18.9 Å². The minimum Gasteiger partial charge on any atom is -0.376 e. The summed E-state index contributed by atoms with van der Waals surface area (Å²) in [4.78, 5) is 49.7. The SMILES string of the molecule is Cc1cc2n(c1)S(=O)(=O)c1ccc(C(=O)NCC[C@@H]3COCCO3)cc1NC2=O.Cc1cc2n(c1)S(=O)(=O)c1ccc(C(=O)NCC[C@H]3COCCO3)cc1NC2=O. The topological polar surface area (TPSA) is 231 Å². The molecule has 0 unspecified atom stereocenters. The van der Waals surface area contributed by atoms with Gasteiger partial charge in [0.15, 0.2) is 0 Å². The van der Waals surface area contributed by atoms with Gasteiger partial charge in [0, 0.05) is 36.6 Å². The van der Waals surface area contributed by atoms with Gasteiger partial charge in [0.25, 0.3) is 43.7 Å². The van der Waals surface area contributed by atoms with Crippen molar-refractivity contribution < 1.29 is 55.0 Å². The number of anilines is 2. The van der Waals surface area contributed by atoms with Crippen LogP contribution in [0.2, 0.25) is 0 Å². The number of carbonyl (C=O) groups is 4. The number of aryl methyl sites for hydroxylation is 2. The molecular weight excluding hydrogens is 797 g/mol. The van der Waals surface area contributed by atoms with Crippen LogP contribution in [0.5, 0.6) is 0 Å². The lowest BCUT2D eigenvalue weighted by Gasteiger charge is -2.22. The second-order valence-corrected chi connectivity index (χ2v) is 17.5. The van der Waals surface area contributed by atoms with Crippen LogP contribution in [-0.2, 0) is 39.0 Å². The van der Waals surface area contributed by atoms with Gasteiger partial charge >= 0.3 is 0 Å². The Hall–Kier alpha value is -5.38. The Morgan fingerprint density at radius 1 is 0.655 bits per heavy atom. The summed E-state index contributed by atoms with van der Waals surface area (Å²) in [7, 11) is -7.91. The summed E-state index contributed by atoms with van der Waals surface area (Å²) >= 11 is 0. The number of ether oxygens (including phenoxy) is 4. The van der Waals surface area contributed by atoms with E-state index in [1.165, 1.54) is 60.9 Å². The van der Waals surface area contributed by atoms with E-state index in [2.05, 4.69) is 21.3 Å². The van der Waals surface area contributed by atoms with Crippen molar-refractivity contribution in [2.45, 2.75) is 48.7 Å². The summed E-state index contributed by atoms with van der Waals surface area (Å²) < 4.78 is 75.4. The summed E-state index contributed by atoms with van der Waals surface area (Å²) in [6.45, 7) is 7.44. The van der Waals surface area contributed by atoms with E-state index in [-0.39, 0.29) is 67.7 Å². The first-order chi connectivity index (χ1) is 27.7. The van der Waals surface area contributed by atoms with Gasteiger partial charge < -0.3 is 40.2 Å². The molecule has 2 aromatic carbocycles. The Morgan fingerprint density at radius 3 is 1.45 bits per heavy atom. The van der Waals surface area contributed by atoms with E-state index in [0.717, 1.165) is 7.94 Å². The summed E-state index contributed by atoms with van der Waals surface area (Å²) in [5.74, 6) is -1.83. The van der Waals surface area contributed by atoms with Gasteiger partial charge in [0.05, 0.1) is 63.2 Å². The maximum Gasteiger partial charge on any atom is 0.273 e. The monoisotopic (exact) mass is 838 g/mol. The Morgan fingerprint density at radius 2 is 1.07 bits per heavy atom. The summed E-state index contributed by atoms with van der Waals surface area (Å²) in [5.41, 5.74) is 2.03. The predicted octanol–water partition coefficient (Wildman–Crippen LogP) is 2.27. The standard InChI is InChI=1S/2C19H21N3O6S/c2*1-12-8-16-19(24)21-15-9-13(2-3-17(15)29(25,26)22(16)10-12)18(23)20-5-4-14-11-27-6-7-28-14/h2*2-3,8-10,14H,4-7,11H2,1H3,(H,20,23)(H,21,24)/t2*14-/m10/s1. The van der Waals surface area contributed by atoms with Gasteiger partial charge in [-0.05, 0) is 86.3 Å². The molecule has 4 aliphatic heterocycles. The van der Waals surface area contributed by atoms with Crippen LogP contribution in [0.3, 0.4) is 0 Å². The zero-order valence-electron chi connectivity index (χ0n) is 31.6. The molecule has 0 aliphatic carbocycles. The van der Waals surface area contributed by atoms with E-state index in [1.54, 1.807) is 13.8 Å². The molecule has 4 amide bonds. The lowest BCUT2D eigenvalue weighted by Crippen LogP contribution is -2.33. The van der Waals surface area contributed by atoms with Crippen LogP contribution in [0.25, 0.3) is 0 Å². The van der Waals surface area contributed by atoms with Crippen molar-refractivity contribution in [3.05, 3.63) is 94.6 Å². The zero-order valence-corrected chi connectivity index (χ0v) is 33.2. The number of amides is 4. The second kappa shape index (κ2) is 16.8. The maximum atomic E-state index is 12.9. The zero-order chi connectivity index (χ0) is 41.2. The molecule has 0 bridgehead atoms. The highest BCUT2D eigenvalue weighted by molar-refractivity contribution is 7.90. The van der Waals surface area contributed by atoms with Gasteiger partial charge in [-0.15, -0.1) is 0 Å². The predicted molar refractivity (Wildman–Crippen MR) is 207 cm³/mol. The van der Waals surface area contributed by atoms with Crippen molar-refractivity contribution in [1.29, 1.82) is 0 Å². The fraction of sp³-hybridized carbons (Fsp3) is 0.368. The molecule has 2 aromatic heterocycles. The molecule has 20 heteroatoms. The Labute approximate surface area is 334 Å². The summed E-state index contributed by atoms with van der Waals surface area (Å²) in [6.07, 6.45) is 3.90. The smallest absolute Gasteiger partial charge is 0.273 e. The Balaban J connectivity index is 0.000000177. The lowest BCUT2D eigenvalue weighted by molar-refractivity contribution is -0.0900. The molecule has 2 fully saturated rings. The molecule has 4 aromatic rings. The molecule has 18 nitrogen and oxygen atoms in total. The molecule has 58 heavy (non-hydrogen) atoms. The normalized spacial score (nSPS) is 20.2. The van der Waals surface area contributed by atoms with E-state index in [9.17, 15) is 36.0 Å². The third-order valence-electron chi connectivity index (χ3n) is 9.64. The average molecular weight is 839 g/mol. The maximum absolute atomic E-state index is 12.9. The highest BCUT2D eigenvalue weighted by atomic mass is 32.2. The van der Waals surface area contributed by atoms with Gasteiger partial charge in [-0.1, -0.05) is 0 Å². The van der Waals surface area contributed by atoms with Crippen molar-refractivity contribution in [2.24, 2.45) is 0 Å². The number of nitrogens with one attached hydrogen (secondary N) is 4. The summed E-state index contributed by atoms with van der Waals surface area (Å²) in [5, 5.41) is 10.7.